The minimum absolute atomic E-state index is 0.0844. The molecule has 0 unspecified atom stereocenters. The molecule has 0 aliphatic rings. The van der Waals surface area contributed by atoms with E-state index in [0.717, 1.165) is 31.6 Å². The second-order valence-electron chi connectivity index (χ2n) is 4.61. The molecule has 0 atom stereocenters. The van der Waals surface area contributed by atoms with Gasteiger partial charge in [-0.1, -0.05) is 13.3 Å². The smallest absolute Gasteiger partial charge is 0.161 e. The second-order valence-corrected chi connectivity index (χ2v) is 4.61. The zero-order valence-electron chi connectivity index (χ0n) is 11.7. The van der Waals surface area contributed by atoms with Gasteiger partial charge in [0.25, 0.3) is 0 Å². The summed E-state index contributed by atoms with van der Waals surface area (Å²) in [5, 5.41) is 0. The maximum Gasteiger partial charge on any atom is 0.161 e. The molecule has 1 aromatic carbocycles. The Kier molecular flexibility index (Phi) is 5.32. The molecule has 18 heavy (non-hydrogen) atoms. The molecule has 0 fully saturated rings. The van der Waals surface area contributed by atoms with Gasteiger partial charge in [-0.15, -0.1) is 0 Å². The van der Waals surface area contributed by atoms with E-state index in [-0.39, 0.29) is 11.6 Å². The average Bonchev–Trinajstić information content (AvgIpc) is 2.33. The van der Waals surface area contributed by atoms with Gasteiger partial charge in [-0.25, -0.2) is 4.39 Å². The van der Waals surface area contributed by atoms with Crippen molar-refractivity contribution in [2.75, 3.05) is 18.0 Å². The summed E-state index contributed by atoms with van der Waals surface area (Å²) in [6.07, 6.45) is 2.17. The van der Waals surface area contributed by atoms with E-state index in [4.69, 9.17) is 0 Å². The van der Waals surface area contributed by atoms with Crippen molar-refractivity contribution in [3.63, 3.8) is 0 Å². The highest BCUT2D eigenvalue weighted by molar-refractivity contribution is 5.99. The number of Topliss-reactive ketones (excluding diaryl/α,β-unsaturated/α-hetero) is 1. The van der Waals surface area contributed by atoms with E-state index in [2.05, 4.69) is 18.7 Å². The van der Waals surface area contributed by atoms with Crippen LogP contribution in [-0.4, -0.2) is 18.9 Å². The van der Waals surface area contributed by atoms with E-state index in [1.54, 1.807) is 13.0 Å². The molecule has 0 aliphatic heterocycles. The summed E-state index contributed by atoms with van der Waals surface area (Å²) in [5.74, 6) is -0.394. The number of hydrogen-bond donors (Lipinski definition) is 0. The molecule has 0 amide bonds. The maximum atomic E-state index is 13.6. The number of carbonyl (C=O) groups excluding carboxylic acids is 1. The van der Waals surface area contributed by atoms with Gasteiger partial charge < -0.3 is 4.90 Å². The first-order valence-corrected chi connectivity index (χ1v) is 6.57. The minimum atomic E-state index is -0.310. The van der Waals surface area contributed by atoms with Crippen LogP contribution < -0.4 is 4.90 Å². The fourth-order valence-corrected chi connectivity index (χ4v) is 2.01. The first kappa shape index (κ1) is 14.7. The van der Waals surface area contributed by atoms with Crippen molar-refractivity contribution in [3.8, 4) is 0 Å². The lowest BCUT2D eigenvalue weighted by Gasteiger charge is -2.25. The van der Waals surface area contributed by atoms with Crippen molar-refractivity contribution in [2.45, 2.75) is 40.5 Å². The SMILES string of the molecule is CCCCN(CC)c1cc(C)c(F)cc1C(C)=O. The molecule has 1 aromatic rings. The number of rotatable bonds is 6. The monoisotopic (exact) mass is 251 g/mol. The van der Waals surface area contributed by atoms with Gasteiger partial charge in [-0.2, -0.15) is 0 Å². The van der Waals surface area contributed by atoms with Crippen molar-refractivity contribution < 1.29 is 9.18 Å². The Morgan fingerprint density at radius 3 is 2.50 bits per heavy atom. The number of hydrogen-bond acceptors (Lipinski definition) is 2. The average molecular weight is 251 g/mol. The van der Waals surface area contributed by atoms with E-state index in [9.17, 15) is 9.18 Å². The molecule has 0 N–H and O–H groups in total. The Bertz CT molecular complexity index is 429. The van der Waals surface area contributed by atoms with Crippen LogP contribution in [0.4, 0.5) is 10.1 Å². The predicted octanol–water partition coefficient (Wildman–Crippen LogP) is 3.96. The van der Waals surface area contributed by atoms with Crippen molar-refractivity contribution in [1.29, 1.82) is 0 Å². The lowest BCUT2D eigenvalue weighted by atomic mass is 10.0. The molecular formula is C15H22FNO. The number of anilines is 1. The number of carbonyl (C=O) groups is 1. The van der Waals surface area contributed by atoms with Crippen LogP contribution in [0.3, 0.4) is 0 Å². The van der Waals surface area contributed by atoms with Crippen molar-refractivity contribution in [3.05, 3.63) is 29.1 Å². The Morgan fingerprint density at radius 2 is 2.00 bits per heavy atom. The number of halogens is 1. The Balaban J connectivity index is 3.18. The quantitative estimate of drug-likeness (QED) is 0.713. The highest BCUT2D eigenvalue weighted by Crippen LogP contribution is 2.25. The molecule has 0 aromatic heterocycles. The van der Waals surface area contributed by atoms with Gasteiger partial charge in [-0.3, -0.25) is 4.79 Å². The molecule has 0 saturated heterocycles. The number of aryl methyl sites for hydroxylation is 1. The van der Waals surface area contributed by atoms with Gasteiger partial charge >= 0.3 is 0 Å². The lowest BCUT2D eigenvalue weighted by Crippen LogP contribution is -2.26. The lowest BCUT2D eigenvalue weighted by molar-refractivity contribution is 0.101. The van der Waals surface area contributed by atoms with Crippen molar-refractivity contribution in [2.24, 2.45) is 0 Å². The van der Waals surface area contributed by atoms with Gasteiger partial charge in [0, 0.05) is 24.3 Å². The molecule has 0 spiro atoms. The van der Waals surface area contributed by atoms with Crippen LogP contribution in [0.5, 0.6) is 0 Å². The van der Waals surface area contributed by atoms with Gasteiger partial charge in [0.05, 0.1) is 0 Å². The fourth-order valence-electron chi connectivity index (χ4n) is 2.01. The van der Waals surface area contributed by atoms with E-state index < -0.39 is 0 Å². The van der Waals surface area contributed by atoms with E-state index in [1.165, 1.54) is 13.0 Å². The minimum Gasteiger partial charge on any atom is -0.371 e. The van der Waals surface area contributed by atoms with Crippen LogP contribution in [0.2, 0.25) is 0 Å². The Hall–Kier alpha value is -1.38. The number of unbranched alkanes of at least 4 members (excludes halogenated alkanes) is 1. The van der Waals surface area contributed by atoms with Gasteiger partial charge in [0.15, 0.2) is 5.78 Å². The first-order chi connectivity index (χ1) is 8.51. The number of ketones is 1. The molecule has 0 heterocycles. The summed E-state index contributed by atoms with van der Waals surface area (Å²) in [6, 6.07) is 3.15. The van der Waals surface area contributed by atoms with Gasteiger partial charge in [0.1, 0.15) is 5.82 Å². The molecule has 0 bridgehead atoms. The third kappa shape index (κ3) is 3.31. The molecule has 0 aliphatic carbocycles. The summed E-state index contributed by atoms with van der Waals surface area (Å²) < 4.78 is 13.6. The largest absolute Gasteiger partial charge is 0.371 e. The van der Waals surface area contributed by atoms with E-state index >= 15 is 0 Å². The van der Waals surface area contributed by atoms with Crippen LogP contribution in [0, 0.1) is 12.7 Å². The number of nitrogens with zero attached hydrogens (tertiary/aromatic N) is 1. The summed E-state index contributed by atoms with van der Waals surface area (Å²) in [6.45, 7) is 9.13. The molecule has 0 radical (unpaired) electrons. The summed E-state index contributed by atoms with van der Waals surface area (Å²) in [4.78, 5) is 13.8. The molecule has 1 rings (SSSR count). The van der Waals surface area contributed by atoms with Crippen LogP contribution in [0.1, 0.15) is 49.5 Å². The van der Waals surface area contributed by atoms with Crippen LogP contribution >= 0.6 is 0 Å². The summed E-state index contributed by atoms with van der Waals surface area (Å²) in [5.41, 5.74) is 1.93. The zero-order chi connectivity index (χ0) is 13.7. The fraction of sp³-hybridized carbons (Fsp3) is 0.533. The van der Waals surface area contributed by atoms with Gasteiger partial charge in [-0.05, 0) is 44.9 Å². The predicted molar refractivity (Wildman–Crippen MR) is 73.9 cm³/mol. The normalized spacial score (nSPS) is 10.5. The molecule has 2 nitrogen and oxygen atoms in total. The van der Waals surface area contributed by atoms with Crippen molar-refractivity contribution in [1.82, 2.24) is 0 Å². The Labute approximate surface area is 109 Å². The summed E-state index contributed by atoms with van der Waals surface area (Å²) >= 11 is 0. The standard InChI is InChI=1S/C15H22FNO/c1-5-7-8-17(6-2)15-9-11(3)14(16)10-13(15)12(4)18/h9-10H,5-8H2,1-4H3. The summed E-state index contributed by atoms with van der Waals surface area (Å²) in [7, 11) is 0. The second kappa shape index (κ2) is 6.53. The third-order valence-electron chi connectivity index (χ3n) is 3.16. The number of benzene rings is 1. The molecule has 0 saturated carbocycles. The highest BCUT2D eigenvalue weighted by atomic mass is 19.1. The maximum absolute atomic E-state index is 13.6. The van der Waals surface area contributed by atoms with E-state index in [0.29, 0.717) is 11.1 Å². The topological polar surface area (TPSA) is 20.3 Å². The first-order valence-electron chi connectivity index (χ1n) is 6.57. The van der Waals surface area contributed by atoms with Crippen LogP contribution in [0.25, 0.3) is 0 Å². The zero-order valence-corrected chi connectivity index (χ0v) is 11.7. The molecule has 3 heteroatoms. The van der Waals surface area contributed by atoms with E-state index in [1.807, 2.05) is 0 Å². The molecule has 100 valence electrons. The van der Waals surface area contributed by atoms with Crippen LogP contribution in [0.15, 0.2) is 12.1 Å². The molecular weight excluding hydrogens is 229 g/mol. The Morgan fingerprint density at radius 1 is 1.33 bits per heavy atom. The third-order valence-corrected chi connectivity index (χ3v) is 3.16. The van der Waals surface area contributed by atoms with Crippen LogP contribution in [-0.2, 0) is 0 Å². The highest BCUT2D eigenvalue weighted by Gasteiger charge is 2.15. The van der Waals surface area contributed by atoms with Gasteiger partial charge in [0.2, 0.25) is 0 Å². The van der Waals surface area contributed by atoms with Crippen molar-refractivity contribution >= 4 is 11.5 Å².